The largest absolute Gasteiger partial charge is 0.481 e. The second kappa shape index (κ2) is 6.19. The van der Waals surface area contributed by atoms with Crippen molar-refractivity contribution in [2.75, 3.05) is 12.4 Å². The Morgan fingerprint density at radius 2 is 2.00 bits per heavy atom. The summed E-state index contributed by atoms with van der Waals surface area (Å²) in [6.07, 6.45) is 0. The van der Waals surface area contributed by atoms with Crippen LogP contribution in [-0.4, -0.2) is 30.1 Å². The van der Waals surface area contributed by atoms with Gasteiger partial charge in [-0.25, -0.2) is 4.79 Å². The number of hydrogen-bond donors (Lipinski definition) is 2. The third-order valence-electron chi connectivity index (χ3n) is 2.41. The number of esters is 1. The van der Waals surface area contributed by atoms with Crippen LogP contribution >= 0.6 is 11.6 Å². The minimum absolute atomic E-state index is 0.0564. The summed E-state index contributed by atoms with van der Waals surface area (Å²) in [5.74, 6) is -3.91. The summed E-state index contributed by atoms with van der Waals surface area (Å²) in [5, 5.41) is 11.4. The molecule has 0 saturated heterocycles. The molecule has 1 amide bonds. The summed E-state index contributed by atoms with van der Waals surface area (Å²) in [4.78, 5) is 33.8. The number of methoxy groups -OCH3 is 1. The number of aliphatic carboxylic acids is 1. The number of carbonyl (C=O) groups is 3. The van der Waals surface area contributed by atoms with Gasteiger partial charge in [0.1, 0.15) is 5.92 Å². The second-order valence-electron chi connectivity index (χ2n) is 3.73. The molecule has 1 rings (SSSR count). The second-order valence-corrected chi connectivity index (χ2v) is 4.17. The Kier molecular flexibility index (Phi) is 4.88. The minimum atomic E-state index is -1.26. The van der Waals surface area contributed by atoms with Crippen LogP contribution in [0.5, 0.6) is 0 Å². The van der Waals surface area contributed by atoms with Gasteiger partial charge in [-0.1, -0.05) is 11.6 Å². The van der Waals surface area contributed by atoms with Gasteiger partial charge in [0, 0.05) is 5.02 Å². The summed E-state index contributed by atoms with van der Waals surface area (Å²) in [6, 6.07) is 4.20. The maximum absolute atomic E-state index is 11.6. The maximum atomic E-state index is 11.6. The molecule has 6 nitrogen and oxygen atoms in total. The number of anilines is 1. The molecular formula is C12H12ClNO5. The van der Waals surface area contributed by atoms with Crippen LogP contribution in [-0.2, 0) is 14.3 Å². The fourth-order valence-corrected chi connectivity index (χ4v) is 1.43. The molecule has 0 aromatic heterocycles. The average Bonchev–Trinajstić information content (AvgIpc) is 2.38. The number of hydrogen-bond acceptors (Lipinski definition) is 4. The van der Waals surface area contributed by atoms with Crippen LogP contribution < -0.4 is 5.32 Å². The van der Waals surface area contributed by atoms with Gasteiger partial charge >= 0.3 is 11.9 Å². The van der Waals surface area contributed by atoms with Crippen molar-refractivity contribution in [1.29, 1.82) is 0 Å². The highest BCUT2D eigenvalue weighted by molar-refractivity contribution is 6.31. The number of ether oxygens (including phenoxy) is 1. The van der Waals surface area contributed by atoms with E-state index in [2.05, 4.69) is 10.1 Å². The van der Waals surface area contributed by atoms with Crippen molar-refractivity contribution in [2.45, 2.75) is 6.92 Å². The van der Waals surface area contributed by atoms with E-state index < -0.39 is 23.8 Å². The van der Waals surface area contributed by atoms with Gasteiger partial charge in [-0.15, -0.1) is 0 Å². The highest BCUT2D eigenvalue weighted by Gasteiger charge is 2.22. The molecule has 1 aromatic rings. The van der Waals surface area contributed by atoms with E-state index in [1.54, 1.807) is 0 Å². The summed E-state index contributed by atoms with van der Waals surface area (Å²) in [7, 11) is 1.19. The Labute approximate surface area is 114 Å². The third-order valence-corrected chi connectivity index (χ3v) is 2.64. The van der Waals surface area contributed by atoms with Gasteiger partial charge in [0.15, 0.2) is 0 Å². The van der Waals surface area contributed by atoms with Crippen LogP contribution in [0.25, 0.3) is 0 Å². The molecule has 0 radical (unpaired) electrons. The van der Waals surface area contributed by atoms with E-state index in [1.807, 2.05) is 0 Å². The van der Waals surface area contributed by atoms with Crippen molar-refractivity contribution in [2.24, 2.45) is 5.92 Å². The lowest BCUT2D eigenvalue weighted by Gasteiger charge is -2.12. The van der Waals surface area contributed by atoms with Gasteiger partial charge in [0.05, 0.1) is 18.4 Å². The van der Waals surface area contributed by atoms with Crippen LogP contribution in [0.1, 0.15) is 17.3 Å². The molecule has 0 bridgehead atoms. The monoisotopic (exact) mass is 285 g/mol. The smallest absolute Gasteiger partial charge is 0.340 e. The molecule has 0 aliphatic heterocycles. The lowest BCUT2D eigenvalue weighted by molar-refractivity contribution is -0.144. The lowest BCUT2D eigenvalue weighted by atomic mass is 10.1. The number of rotatable bonds is 4. The van der Waals surface area contributed by atoms with E-state index in [-0.39, 0.29) is 11.3 Å². The molecule has 0 saturated carbocycles. The molecule has 0 aliphatic carbocycles. The molecule has 2 N–H and O–H groups in total. The van der Waals surface area contributed by atoms with Crippen LogP contribution in [0.15, 0.2) is 18.2 Å². The number of carboxylic acids is 1. The highest BCUT2D eigenvalue weighted by Crippen LogP contribution is 2.22. The van der Waals surface area contributed by atoms with Crippen LogP contribution in [0.2, 0.25) is 5.02 Å². The van der Waals surface area contributed by atoms with Gasteiger partial charge < -0.3 is 15.2 Å². The van der Waals surface area contributed by atoms with Gasteiger partial charge in [-0.3, -0.25) is 9.59 Å². The molecule has 0 spiro atoms. The average molecular weight is 286 g/mol. The van der Waals surface area contributed by atoms with E-state index in [9.17, 15) is 14.4 Å². The summed E-state index contributed by atoms with van der Waals surface area (Å²) < 4.78 is 4.56. The van der Waals surface area contributed by atoms with Gasteiger partial charge in [-0.2, -0.15) is 0 Å². The summed E-state index contributed by atoms with van der Waals surface area (Å²) >= 11 is 5.75. The van der Waals surface area contributed by atoms with Crippen LogP contribution in [0.4, 0.5) is 5.69 Å². The Morgan fingerprint density at radius 1 is 1.37 bits per heavy atom. The first-order valence-corrected chi connectivity index (χ1v) is 5.66. The highest BCUT2D eigenvalue weighted by atomic mass is 35.5. The van der Waals surface area contributed by atoms with E-state index in [1.165, 1.54) is 32.2 Å². The molecule has 102 valence electrons. The predicted octanol–water partition coefficient (Wildman–Crippen LogP) is 1.79. The van der Waals surface area contributed by atoms with E-state index >= 15 is 0 Å². The molecule has 19 heavy (non-hydrogen) atoms. The molecule has 0 aliphatic rings. The number of halogens is 1. The first-order valence-electron chi connectivity index (χ1n) is 5.28. The number of carboxylic acid groups (broad SMARTS) is 1. The zero-order valence-corrected chi connectivity index (χ0v) is 11.0. The molecule has 7 heteroatoms. The van der Waals surface area contributed by atoms with Crippen molar-refractivity contribution in [3.05, 3.63) is 28.8 Å². The predicted molar refractivity (Wildman–Crippen MR) is 68.2 cm³/mol. The standard InChI is InChI=1S/C12H12ClNO5/c1-6(11(16)17)10(15)14-9-4-3-7(13)5-8(9)12(18)19-2/h3-6H,1-2H3,(H,14,15)(H,16,17). The first kappa shape index (κ1) is 15.0. The molecule has 0 fully saturated rings. The fraction of sp³-hybridized carbons (Fsp3) is 0.250. The number of benzene rings is 1. The summed E-state index contributed by atoms with van der Waals surface area (Å²) in [6.45, 7) is 1.24. The minimum Gasteiger partial charge on any atom is -0.481 e. The SMILES string of the molecule is COC(=O)c1cc(Cl)ccc1NC(=O)C(C)C(=O)O. The third kappa shape index (κ3) is 3.69. The fourth-order valence-electron chi connectivity index (χ4n) is 1.26. The normalized spacial score (nSPS) is 11.5. The lowest BCUT2D eigenvalue weighted by Crippen LogP contribution is -2.27. The van der Waals surface area contributed by atoms with Crippen LogP contribution in [0.3, 0.4) is 0 Å². The van der Waals surface area contributed by atoms with Crippen molar-refractivity contribution in [1.82, 2.24) is 0 Å². The van der Waals surface area contributed by atoms with Gasteiger partial charge in [-0.05, 0) is 25.1 Å². The number of nitrogens with one attached hydrogen (secondary N) is 1. The van der Waals surface area contributed by atoms with Crippen LogP contribution in [0, 0.1) is 5.92 Å². The molecule has 1 atom stereocenters. The van der Waals surface area contributed by atoms with E-state index in [4.69, 9.17) is 16.7 Å². The zero-order valence-electron chi connectivity index (χ0n) is 10.3. The van der Waals surface area contributed by atoms with Crippen molar-refractivity contribution >= 4 is 35.1 Å². The van der Waals surface area contributed by atoms with Crippen molar-refractivity contribution < 1.29 is 24.2 Å². The Hall–Kier alpha value is -2.08. The van der Waals surface area contributed by atoms with E-state index in [0.717, 1.165) is 0 Å². The Morgan fingerprint density at radius 3 is 2.53 bits per heavy atom. The topological polar surface area (TPSA) is 92.7 Å². The maximum Gasteiger partial charge on any atom is 0.340 e. The molecular weight excluding hydrogens is 274 g/mol. The Bertz CT molecular complexity index is 529. The van der Waals surface area contributed by atoms with E-state index in [0.29, 0.717) is 5.02 Å². The van der Waals surface area contributed by atoms with Crippen molar-refractivity contribution in [3.8, 4) is 0 Å². The number of amides is 1. The van der Waals surface area contributed by atoms with Crippen molar-refractivity contribution in [3.63, 3.8) is 0 Å². The molecule has 0 heterocycles. The van der Waals surface area contributed by atoms with Gasteiger partial charge in [0.2, 0.25) is 5.91 Å². The zero-order chi connectivity index (χ0) is 14.6. The van der Waals surface area contributed by atoms with Gasteiger partial charge in [0.25, 0.3) is 0 Å². The molecule has 1 unspecified atom stereocenters. The quantitative estimate of drug-likeness (QED) is 0.650. The number of carbonyl (C=O) groups excluding carboxylic acids is 2. The molecule has 1 aromatic carbocycles. The first-order chi connectivity index (χ1) is 8.86. The Balaban J connectivity index is 3.04. The summed E-state index contributed by atoms with van der Waals surface area (Å²) in [5.41, 5.74) is 0.204.